The van der Waals surface area contributed by atoms with Crippen LogP contribution in [0.2, 0.25) is 0 Å². The first-order chi connectivity index (χ1) is 11.9. The van der Waals surface area contributed by atoms with Crippen molar-refractivity contribution in [1.29, 1.82) is 0 Å². The Morgan fingerprint density at radius 3 is 2.48 bits per heavy atom. The van der Waals surface area contributed by atoms with Gasteiger partial charge in [0, 0.05) is 25.2 Å². The number of likely N-dealkylation sites (N-methyl/N-ethyl adjacent to an activating group) is 1. The Kier molecular flexibility index (Phi) is 6.30. The Balaban J connectivity index is 2.00. The zero-order valence-corrected chi connectivity index (χ0v) is 15.0. The normalized spacial score (nSPS) is 12.0. The lowest BCUT2D eigenvalue weighted by molar-refractivity contribution is -0.121. The first-order valence-electron chi connectivity index (χ1n) is 8.20. The van der Waals surface area contributed by atoms with Crippen LogP contribution in [0.15, 0.2) is 34.9 Å². The van der Waals surface area contributed by atoms with Crippen LogP contribution in [-0.2, 0) is 11.3 Å². The van der Waals surface area contributed by atoms with Gasteiger partial charge in [-0.05, 0) is 38.1 Å². The lowest BCUT2D eigenvalue weighted by atomic mass is 10.1. The smallest absolute Gasteiger partial charge is 0.251 e. The fourth-order valence-corrected chi connectivity index (χ4v) is 2.64. The Labute approximate surface area is 147 Å². The molecule has 1 atom stereocenters. The minimum atomic E-state index is -0.296. The van der Waals surface area contributed by atoms with Crippen molar-refractivity contribution in [3.63, 3.8) is 0 Å². The predicted octanol–water partition coefficient (Wildman–Crippen LogP) is 2.19. The van der Waals surface area contributed by atoms with Crippen LogP contribution in [-0.4, -0.2) is 42.0 Å². The van der Waals surface area contributed by atoms with Gasteiger partial charge in [0.25, 0.3) is 5.91 Å². The van der Waals surface area contributed by atoms with Gasteiger partial charge in [-0.25, -0.2) is 0 Å². The van der Waals surface area contributed by atoms with Crippen molar-refractivity contribution in [2.45, 2.75) is 32.9 Å². The summed E-state index contributed by atoms with van der Waals surface area (Å²) in [5.41, 5.74) is 1.64. The van der Waals surface area contributed by atoms with E-state index in [-0.39, 0.29) is 17.9 Å². The van der Waals surface area contributed by atoms with Crippen molar-refractivity contribution < 1.29 is 14.1 Å². The molecule has 25 heavy (non-hydrogen) atoms. The number of carbonyl (C=O) groups is 2. The lowest BCUT2D eigenvalue weighted by Gasteiger charge is -2.25. The monoisotopic (exact) mass is 344 g/mol. The molecule has 134 valence electrons. The van der Waals surface area contributed by atoms with E-state index in [9.17, 15) is 9.59 Å². The van der Waals surface area contributed by atoms with Crippen LogP contribution >= 0.6 is 0 Å². The fraction of sp³-hybridized carbons (Fsp3) is 0.389. The van der Waals surface area contributed by atoms with Crippen LogP contribution in [0.3, 0.4) is 0 Å². The number of hydrogen-bond donors (Lipinski definition) is 2. The van der Waals surface area contributed by atoms with E-state index in [1.807, 2.05) is 31.0 Å². The number of nitrogens with one attached hydrogen (secondary N) is 2. The molecule has 7 heteroatoms. The third-order valence-electron chi connectivity index (χ3n) is 3.98. The Morgan fingerprint density at radius 2 is 1.96 bits per heavy atom. The molecular weight excluding hydrogens is 320 g/mol. The number of anilines is 1. The highest BCUT2D eigenvalue weighted by Crippen LogP contribution is 2.13. The summed E-state index contributed by atoms with van der Waals surface area (Å²) >= 11 is 0. The van der Waals surface area contributed by atoms with Crippen LogP contribution in [0.4, 0.5) is 5.82 Å². The summed E-state index contributed by atoms with van der Waals surface area (Å²) < 4.78 is 4.96. The Bertz CT molecular complexity index is 724. The molecule has 0 aliphatic rings. The van der Waals surface area contributed by atoms with Crippen molar-refractivity contribution in [1.82, 2.24) is 15.4 Å². The Morgan fingerprint density at radius 1 is 1.28 bits per heavy atom. The molecule has 0 aliphatic heterocycles. The molecule has 7 nitrogen and oxygen atoms in total. The number of benzene rings is 1. The maximum Gasteiger partial charge on any atom is 0.251 e. The first kappa shape index (κ1) is 18.7. The fourth-order valence-electron chi connectivity index (χ4n) is 2.64. The maximum atomic E-state index is 12.5. The van der Waals surface area contributed by atoms with Crippen LogP contribution in [0.1, 0.15) is 35.0 Å². The van der Waals surface area contributed by atoms with Gasteiger partial charge in [-0.2, -0.15) is 0 Å². The van der Waals surface area contributed by atoms with E-state index in [2.05, 4.69) is 15.8 Å². The molecule has 0 aliphatic carbocycles. The maximum absolute atomic E-state index is 12.5. The molecule has 2 amide bonds. The summed E-state index contributed by atoms with van der Waals surface area (Å²) in [7, 11) is 3.50. The molecule has 2 rings (SSSR count). The second-order valence-corrected chi connectivity index (χ2v) is 5.93. The molecule has 2 aromatic rings. The van der Waals surface area contributed by atoms with Crippen LogP contribution in [0.25, 0.3) is 0 Å². The third kappa shape index (κ3) is 4.90. The van der Waals surface area contributed by atoms with Gasteiger partial charge in [-0.15, -0.1) is 0 Å². The molecule has 0 fully saturated rings. The largest absolute Gasteiger partial charge is 0.360 e. The van der Waals surface area contributed by atoms with Gasteiger partial charge in [-0.3, -0.25) is 14.5 Å². The number of aromatic nitrogens is 1. The topological polar surface area (TPSA) is 87.5 Å². The molecule has 0 spiro atoms. The molecule has 0 bridgehead atoms. The van der Waals surface area contributed by atoms with Crippen molar-refractivity contribution in [2.24, 2.45) is 0 Å². The second-order valence-electron chi connectivity index (χ2n) is 5.93. The molecule has 0 unspecified atom stereocenters. The predicted molar refractivity (Wildman–Crippen MR) is 95.2 cm³/mol. The van der Waals surface area contributed by atoms with Gasteiger partial charge in [0.05, 0.1) is 6.04 Å². The van der Waals surface area contributed by atoms with E-state index in [0.717, 1.165) is 5.56 Å². The van der Waals surface area contributed by atoms with Gasteiger partial charge in [-0.1, -0.05) is 24.2 Å². The van der Waals surface area contributed by atoms with Crippen molar-refractivity contribution in [3.8, 4) is 0 Å². The van der Waals surface area contributed by atoms with E-state index in [0.29, 0.717) is 30.1 Å². The highest BCUT2D eigenvalue weighted by molar-refractivity contribution is 5.94. The summed E-state index contributed by atoms with van der Waals surface area (Å²) in [4.78, 5) is 26.0. The van der Waals surface area contributed by atoms with Crippen molar-refractivity contribution in [3.05, 3.63) is 47.2 Å². The zero-order chi connectivity index (χ0) is 18.4. The number of nitrogens with zero attached hydrogens (tertiary/aromatic N) is 2. The minimum Gasteiger partial charge on any atom is -0.360 e. The van der Waals surface area contributed by atoms with Crippen molar-refractivity contribution in [2.75, 3.05) is 19.4 Å². The van der Waals surface area contributed by atoms with E-state index in [1.165, 1.54) is 0 Å². The summed E-state index contributed by atoms with van der Waals surface area (Å²) in [6.45, 7) is 4.33. The van der Waals surface area contributed by atoms with Gasteiger partial charge in [0.2, 0.25) is 5.91 Å². The van der Waals surface area contributed by atoms with E-state index in [1.54, 1.807) is 32.2 Å². The summed E-state index contributed by atoms with van der Waals surface area (Å²) in [6, 6.07) is 8.74. The number of carbonyl (C=O) groups excluding carboxylic acids is 2. The standard InChI is InChI=1S/C18H24N4O3/c1-5-15(18(24)20-16-10-12(2)25-21-16)22(4)11-13-6-8-14(9-7-13)17(23)19-3/h6-10,15H,5,11H2,1-4H3,(H,19,23)(H,20,21,24)/t15-/m0/s1. The minimum absolute atomic E-state index is 0.117. The number of hydrogen-bond acceptors (Lipinski definition) is 5. The van der Waals surface area contributed by atoms with Crippen LogP contribution < -0.4 is 10.6 Å². The highest BCUT2D eigenvalue weighted by atomic mass is 16.5. The number of rotatable bonds is 7. The van der Waals surface area contributed by atoms with E-state index in [4.69, 9.17) is 4.52 Å². The average Bonchev–Trinajstić information content (AvgIpc) is 3.00. The molecular formula is C18H24N4O3. The van der Waals surface area contributed by atoms with E-state index >= 15 is 0 Å². The zero-order valence-electron chi connectivity index (χ0n) is 15.0. The number of aryl methyl sites for hydroxylation is 1. The molecule has 1 aromatic heterocycles. The number of amides is 2. The molecule has 0 saturated carbocycles. The van der Waals surface area contributed by atoms with Gasteiger partial charge in [0.1, 0.15) is 5.76 Å². The molecule has 1 aromatic carbocycles. The third-order valence-corrected chi connectivity index (χ3v) is 3.98. The van der Waals surface area contributed by atoms with Crippen LogP contribution in [0, 0.1) is 6.92 Å². The summed E-state index contributed by atoms with van der Waals surface area (Å²) in [5.74, 6) is 0.825. The van der Waals surface area contributed by atoms with Gasteiger partial charge in [0.15, 0.2) is 5.82 Å². The summed E-state index contributed by atoms with van der Waals surface area (Å²) in [5, 5.41) is 9.15. The van der Waals surface area contributed by atoms with Gasteiger partial charge < -0.3 is 15.2 Å². The molecule has 0 saturated heterocycles. The van der Waals surface area contributed by atoms with Crippen molar-refractivity contribution >= 4 is 17.6 Å². The van der Waals surface area contributed by atoms with Crippen LogP contribution in [0.5, 0.6) is 0 Å². The molecule has 1 heterocycles. The average molecular weight is 344 g/mol. The van der Waals surface area contributed by atoms with Gasteiger partial charge >= 0.3 is 0 Å². The first-order valence-corrected chi connectivity index (χ1v) is 8.20. The lowest BCUT2D eigenvalue weighted by Crippen LogP contribution is -2.41. The highest BCUT2D eigenvalue weighted by Gasteiger charge is 2.22. The Hall–Kier alpha value is -2.67. The quantitative estimate of drug-likeness (QED) is 0.804. The molecule has 2 N–H and O–H groups in total. The second kappa shape index (κ2) is 8.43. The molecule has 0 radical (unpaired) electrons. The summed E-state index contributed by atoms with van der Waals surface area (Å²) in [6.07, 6.45) is 0.662. The van der Waals surface area contributed by atoms with E-state index < -0.39 is 0 Å². The SMILES string of the molecule is CC[C@@H](C(=O)Nc1cc(C)on1)N(C)Cc1ccc(C(=O)NC)cc1.